The summed E-state index contributed by atoms with van der Waals surface area (Å²) in [5.74, 6) is 0.609. The minimum Gasteiger partial charge on any atom is -0.318 e. The summed E-state index contributed by atoms with van der Waals surface area (Å²) in [6, 6.07) is 2.29. The van der Waals surface area contributed by atoms with Gasteiger partial charge in [0.15, 0.2) is 11.2 Å². The topological polar surface area (TPSA) is 114 Å². The van der Waals surface area contributed by atoms with Crippen molar-refractivity contribution in [1.82, 2.24) is 34.3 Å². The highest BCUT2D eigenvalue weighted by Gasteiger charge is 2.32. The highest BCUT2D eigenvalue weighted by Crippen LogP contribution is 2.29. The second-order valence-electron chi connectivity index (χ2n) is 8.10. The van der Waals surface area contributed by atoms with E-state index in [2.05, 4.69) is 25.1 Å². The fraction of sp³-hybridized carbons (Fsp3) is 0.381. The van der Waals surface area contributed by atoms with Crippen LogP contribution in [0.15, 0.2) is 34.1 Å². The largest absolute Gasteiger partial charge is 0.433 e. The number of alkyl halides is 3. The van der Waals surface area contributed by atoms with E-state index in [4.69, 9.17) is 0 Å². The number of fused-ring (bicyclic) bond motifs is 1. The molecule has 0 aliphatic carbocycles. The van der Waals surface area contributed by atoms with Crippen molar-refractivity contribution in [2.24, 2.45) is 5.92 Å². The number of halogens is 3. The molecule has 0 atom stereocenters. The first-order valence-corrected chi connectivity index (χ1v) is 10.4. The summed E-state index contributed by atoms with van der Waals surface area (Å²) in [5, 5.41) is 6.96. The van der Waals surface area contributed by atoms with E-state index in [1.807, 2.05) is 13.8 Å². The quantitative estimate of drug-likeness (QED) is 0.458. The standard InChI is InChI=1S/C21H22F3N7O2/c1-4-30-18-16(19(32)28-20(30)33)31(10-11(2)3)17(27-18)13-9-26-29-14(13)7-12-5-6-15(25-8-12)21(22,23)24/h5-6,8-9,11H,4,7,10H2,1-3H3,(H,26,29)(H,28,32,33). The zero-order valence-electron chi connectivity index (χ0n) is 18.2. The van der Waals surface area contributed by atoms with Crippen molar-refractivity contribution >= 4 is 11.2 Å². The van der Waals surface area contributed by atoms with Gasteiger partial charge in [-0.15, -0.1) is 0 Å². The number of H-pyrrole nitrogens is 2. The van der Waals surface area contributed by atoms with E-state index in [1.165, 1.54) is 16.8 Å². The van der Waals surface area contributed by atoms with Crippen LogP contribution in [0.2, 0.25) is 0 Å². The summed E-state index contributed by atoms with van der Waals surface area (Å²) in [6.07, 6.45) is -1.57. The average Bonchev–Trinajstić information content (AvgIpc) is 3.32. The second-order valence-corrected chi connectivity index (χ2v) is 8.10. The molecule has 0 aromatic carbocycles. The Hall–Kier alpha value is -3.70. The number of hydrogen-bond acceptors (Lipinski definition) is 5. The first-order valence-electron chi connectivity index (χ1n) is 10.4. The lowest BCUT2D eigenvalue weighted by atomic mass is 10.1. The van der Waals surface area contributed by atoms with Crippen molar-refractivity contribution in [3.8, 4) is 11.4 Å². The maximum atomic E-state index is 12.8. The summed E-state index contributed by atoms with van der Waals surface area (Å²) in [7, 11) is 0. The maximum Gasteiger partial charge on any atom is 0.433 e. The number of aromatic nitrogens is 7. The number of aryl methyl sites for hydroxylation is 1. The Labute approximate surface area is 185 Å². The van der Waals surface area contributed by atoms with Crippen LogP contribution in [-0.2, 0) is 25.7 Å². The Morgan fingerprint density at radius 2 is 1.88 bits per heavy atom. The molecule has 0 aliphatic heterocycles. The third kappa shape index (κ3) is 4.20. The van der Waals surface area contributed by atoms with Crippen molar-refractivity contribution in [1.29, 1.82) is 0 Å². The van der Waals surface area contributed by atoms with Crippen LogP contribution in [0.3, 0.4) is 0 Å². The van der Waals surface area contributed by atoms with Gasteiger partial charge in [-0.25, -0.2) is 9.78 Å². The summed E-state index contributed by atoms with van der Waals surface area (Å²) < 4.78 is 41.6. The number of rotatable bonds is 6. The third-order valence-corrected chi connectivity index (χ3v) is 5.20. The van der Waals surface area contributed by atoms with Gasteiger partial charge in [0.05, 0.1) is 17.5 Å². The number of pyridine rings is 1. The minimum atomic E-state index is -4.51. The molecule has 0 spiro atoms. The molecule has 2 N–H and O–H groups in total. The summed E-state index contributed by atoms with van der Waals surface area (Å²) in [6.45, 7) is 6.54. The Morgan fingerprint density at radius 1 is 1.12 bits per heavy atom. The van der Waals surface area contributed by atoms with Gasteiger partial charge in [-0.3, -0.25) is 24.4 Å². The monoisotopic (exact) mass is 461 g/mol. The van der Waals surface area contributed by atoms with E-state index >= 15 is 0 Å². The van der Waals surface area contributed by atoms with Gasteiger partial charge >= 0.3 is 11.9 Å². The number of aromatic amines is 2. The van der Waals surface area contributed by atoms with Gasteiger partial charge in [0.2, 0.25) is 0 Å². The Balaban J connectivity index is 1.84. The van der Waals surface area contributed by atoms with Crippen LogP contribution in [0, 0.1) is 5.92 Å². The minimum absolute atomic E-state index is 0.164. The highest BCUT2D eigenvalue weighted by molar-refractivity contribution is 5.77. The Morgan fingerprint density at radius 3 is 2.48 bits per heavy atom. The van der Waals surface area contributed by atoms with Crippen molar-refractivity contribution in [2.75, 3.05) is 0 Å². The molecule has 4 heterocycles. The first kappa shape index (κ1) is 22.5. The van der Waals surface area contributed by atoms with Crippen LogP contribution in [0.1, 0.15) is 37.7 Å². The van der Waals surface area contributed by atoms with E-state index in [0.29, 0.717) is 35.7 Å². The van der Waals surface area contributed by atoms with Gasteiger partial charge < -0.3 is 4.57 Å². The molecule has 12 heteroatoms. The Bertz CT molecular complexity index is 1410. The van der Waals surface area contributed by atoms with Crippen LogP contribution < -0.4 is 11.2 Å². The van der Waals surface area contributed by atoms with Gasteiger partial charge in [-0.1, -0.05) is 19.9 Å². The zero-order valence-corrected chi connectivity index (χ0v) is 18.2. The molecule has 33 heavy (non-hydrogen) atoms. The molecule has 4 rings (SSSR count). The summed E-state index contributed by atoms with van der Waals surface area (Å²) in [5.41, 5.74) is 0.235. The van der Waals surface area contributed by atoms with Crippen molar-refractivity contribution in [3.05, 3.63) is 62.3 Å². The average molecular weight is 461 g/mol. The molecule has 0 amide bonds. The molecule has 0 fully saturated rings. The lowest BCUT2D eigenvalue weighted by Crippen LogP contribution is -2.30. The number of hydrogen-bond donors (Lipinski definition) is 2. The molecule has 174 valence electrons. The first-order chi connectivity index (χ1) is 15.6. The van der Waals surface area contributed by atoms with Crippen LogP contribution in [-0.4, -0.2) is 34.3 Å². The summed E-state index contributed by atoms with van der Waals surface area (Å²) in [4.78, 5) is 35.4. The molecule has 0 bridgehead atoms. The van der Waals surface area contributed by atoms with Gasteiger partial charge in [0, 0.05) is 25.7 Å². The van der Waals surface area contributed by atoms with E-state index in [0.717, 1.165) is 6.07 Å². The van der Waals surface area contributed by atoms with E-state index in [9.17, 15) is 22.8 Å². The van der Waals surface area contributed by atoms with Gasteiger partial charge in [-0.2, -0.15) is 18.3 Å². The highest BCUT2D eigenvalue weighted by atomic mass is 19.4. The Kier molecular flexibility index (Phi) is 5.68. The van der Waals surface area contributed by atoms with E-state index in [1.54, 1.807) is 17.7 Å². The molecule has 0 saturated heterocycles. The zero-order chi connectivity index (χ0) is 23.9. The van der Waals surface area contributed by atoms with Gasteiger partial charge in [0.1, 0.15) is 11.5 Å². The molecule has 4 aromatic heterocycles. The second kappa shape index (κ2) is 8.34. The van der Waals surface area contributed by atoms with Crippen molar-refractivity contribution in [3.63, 3.8) is 0 Å². The lowest BCUT2D eigenvalue weighted by Gasteiger charge is -2.12. The van der Waals surface area contributed by atoms with Crippen molar-refractivity contribution < 1.29 is 13.2 Å². The molecule has 0 aliphatic rings. The smallest absolute Gasteiger partial charge is 0.318 e. The third-order valence-electron chi connectivity index (χ3n) is 5.20. The molecule has 0 radical (unpaired) electrons. The molecular weight excluding hydrogens is 439 g/mol. The molecular formula is C21H22F3N7O2. The maximum absolute atomic E-state index is 12.8. The fourth-order valence-corrected chi connectivity index (χ4v) is 3.76. The molecule has 4 aromatic rings. The normalized spacial score (nSPS) is 12.2. The van der Waals surface area contributed by atoms with Gasteiger partial charge in [0.25, 0.3) is 5.56 Å². The number of imidazole rings is 1. The summed E-state index contributed by atoms with van der Waals surface area (Å²) >= 11 is 0. The predicted molar refractivity (Wildman–Crippen MR) is 115 cm³/mol. The SMILES string of the molecule is CCn1c(=O)[nH]c(=O)c2c1nc(-c1cn[nH]c1Cc1ccc(C(F)(F)F)nc1)n2CC(C)C. The molecule has 0 saturated carbocycles. The number of nitrogens with zero attached hydrogens (tertiary/aromatic N) is 5. The van der Waals surface area contributed by atoms with E-state index in [-0.39, 0.29) is 23.5 Å². The van der Waals surface area contributed by atoms with E-state index < -0.39 is 23.1 Å². The predicted octanol–water partition coefficient (Wildman–Crippen LogP) is 2.96. The van der Waals surface area contributed by atoms with Crippen molar-refractivity contribution in [2.45, 2.75) is 46.5 Å². The van der Waals surface area contributed by atoms with Crippen LogP contribution in [0.25, 0.3) is 22.6 Å². The lowest BCUT2D eigenvalue weighted by molar-refractivity contribution is -0.141. The van der Waals surface area contributed by atoms with Crippen LogP contribution in [0.5, 0.6) is 0 Å². The fourth-order valence-electron chi connectivity index (χ4n) is 3.76. The number of nitrogens with one attached hydrogen (secondary N) is 2. The molecule has 9 nitrogen and oxygen atoms in total. The van der Waals surface area contributed by atoms with Crippen LogP contribution in [0.4, 0.5) is 13.2 Å². The van der Waals surface area contributed by atoms with Gasteiger partial charge in [-0.05, 0) is 24.5 Å². The molecule has 0 unspecified atom stereocenters. The van der Waals surface area contributed by atoms with Crippen LogP contribution >= 0.6 is 0 Å².